The van der Waals surface area contributed by atoms with E-state index in [9.17, 15) is 4.79 Å². The molecule has 1 amide bonds. The monoisotopic (exact) mass is 400 g/mol. The molecule has 0 aromatic heterocycles. The Balaban J connectivity index is 1.65. The van der Waals surface area contributed by atoms with Crippen molar-refractivity contribution in [3.05, 3.63) is 29.8 Å². The van der Waals surface area contributed by atoms with Gasteiger partial charge in [0.25, 0.3) is 0 Å². The Kier molecular flexibility index (Phi) is 7.04. The number of hydrogen-bond donors (Lipinski definition) is 2. The van der Waals surface area contributed by atoms with Crippen LogP contribution in [0.4, 0.5) is 0 Å². The van der Waals surface area contributed by atoms with Crippen LogP contribution in [0, 0.1) is 11.3 Å². The van der Waals surface area contributed by atoms with E-state index in [2.05, 4.69) is 35.5 Å². The topological polar surface area (TPSA) is 66.0 Å². The Hall–Kier alpha value is -2.24. The molecule has 0 radical (unpaired) electrons. The van der Waals surface area contributed by atoms with Crippen molar-refractivity contribution in [1.29, 1.82) is 0 Å². The van der Waals surface area contributed by atoms with Crippen LogP contribution in [-0.2, 0) is 4.79 Å². The number of nitrogens with zero attached hydrogens (tertiary/aromatic N) is 2. The van der Waals surface area contributed by atoms with Crippen molar-refractivity contribution in [2.45, 2.75) is 52.0 Å². The zero-order valence-corrected chi connectivity index (χ0v) is 18.3. The first-order valence-corrected chi connectivity index (χ1v) is 10.8. The number of benzene rings is 1. The van der Waals surface area contributed by atoms with Gasteiger partial charge in [-0.05, 0) is 43.1 Å². The molecule has 1 fully saturated rings. The molecule has 1 aliphatic carbocycles. The molecule has 0 bridgehead atoms. The average molecular weight is 401 g/mol. The van der Waals surface area contributed by atoms with Gasteiger partial charge in [0.15, 0.2) is 5.96 Å². The normalized spacial score (nSPS) is 21.7. The van der Waals surface area contributed by atoms with Crippen molar-refractivity contribution in [2.75, 3.05) is 33.8 Å². The van der Waals surface area contributed by atoms with Crippen molar-refractivity contribution >= 4 is 11.9 Å². The molecule has 6 heteroatoms. The molecule has 1 saturated carbocycles. The highest BCUT2D eigenvalue weighted by Gasteiger charge is 2.27. The third-order valence-electron chi connectivity index (χ3n) is 6.16. The summed E-state index contributed by atoms with van der Waals surface area (Å²) in [7, 11) is 3.52. The highest BCUT2D eigenvalue weighted by molar-refractivity contribution is 5.85. The standard InChI is InChI=1S/C23H36N4O2/c1-23(2)12-9-17(10-13-23)15-24-22(25-16-21(28)27(3)4)26-19-11-14-29-20-8-6-5-7-18(19)20/h5-8,17,19H,9-16H2,1-4H3,(H2,24,25,26). The summed E-state index contributed by atoms with van der Waals surface area (Å²) in [4.78, 5) is 18.2. The van der Waals surface area contributed by atoms with Gasteiger partial charge in [0, 0.05) is 32.6 Å². The SMILES string of the molecule is CN(C)C(=O)CN=C(NCC1CCC(C)(C)CC1)NC1CCOc2ccccc21. The first-order valence-electron chi connectivity index (χ1n) is 10.8. The van der Waals surface area contributed by atoms with E-state index in [0.29, 0.717) is 23.9 Å². The molecule has 160 valence electrons. The van der Waals surface area contributed by atoms with E-state index in [1.807, 2.05) is 18.2 Å². The van der Waals surface area contributed by atoms with Crippen molar-refractivity contribution in [1.82, 2.24) is 15.5 Å². The van der Waals surface area contributed by atoms with E-state index in [-0.39, 0.29) is 18.5 Å². The molecule has 1 unspecified atom stereocenters. The van der Waals surface area contributed by atoms with Gasteiger partial charge in [-0.1, -0.05) is 32.0 Å². The molecule has 29 heavy (non-hydrogen) atoms. The van der Waals surface area contributed by atoms with E-state index < -0.39 is 0 Å². The lowest BCUT2D eigenvalue weighted by Gasteiger charge is -2.35. The lowest BCUT2D eigenvalue weighted by Crippen LogP contribution is -2.44. The zero-order chi connectivity index (χ0) is 20.9. The summed E-state index contributed by atoms with van der Waals surface area (Å²) in [6.45, 7) is 6.44. The number of likely N-dealkylation sites (N-methyl/N-ethyl adjacent to an activating group) is 1. The fourth-order valence-corrected chi connectivity index (χ4v) is 4.00. The van der Waals surface area contributed by atoms with Gasteiger partial charge in [0.05, 0.1) is 12.6 Å². The largest absolute Gasteiger partial charge is 0.493 e. The van der Waals surface area contributed by atoms with Crippen LogP contribution in [-0.4, -0.2) is 50.6 Å². The van der Waals surface area contributed by atoms with E-state index in [0.717, 1.165) is 24.3 Å². The third-order valence-corrected chi connectivity index (χ3v) is 6.16. The van der Waals surface area contributed by atoms with Crippen molar-refractivity contribution in [3.8, 4) is 5.75 Å². The maximum Gasteiger partial charge on any atom is 0.243 e. The Morgan fingerprint density at radius 1 is 1.21 bits per heavy atom. The van der Waals surface area contributed by atoms with Crippen LogP contribution in [0.2, 0.25) is 0 Å². The number of carbonyl (C=O) groups excluding carboxylic acids is 1. The Morgan fingerprint density at radius 3 is 2.66 bits per heavy atom. The molecular weight excluding hydrogens is 364 g/mol. The number of nitrogens with one attached hydrogen (secondary N) is 2. The minimum Gasteiger partial charge on any atom is -0.493 e. The first kappa shape index (κ1) is 21.5. The van der Waals surface area contributed by atoms with Crippen molar-refractivity contribution < 1.29 is 9.53 Å². The summed E-state index contributed by atoms with van der Waals surface area (Å²) in [5.74, 6) is 2.29. The van der Waals surface area contributed by atoms with Crippen LogP contribution in [0.15, 0.2) is 29.3 Å². The van der Waals surface area contributed by atoms with Gasteiger partial charge < -0.3 is 20.3 Å². The number of rotatable bonds is 5. The molecule has 2 N–H and O–H groups in total. The summed E-state index contributed by atoms with van der Waals surface area (Å²) in [6.07, 6.45) is 5.89. The summed E-state index contributed by atoms with van der Waals surface area (Å²) in [6, 6.07) is 8.26. The number of fused-ring (bicyclic) bond motifs is 1. The summed E-state index contributed by atoms with van der Waals surface area (Å²) < 4.78 is 5.78. The maximum absolute atomic E-state index is 12.1. The van der Waals surface area contributed by atoms with Crippen LogP contribution in [0.25, 0.3) is 0 Å². The molecule has 2 aliphatic rings. The van der Waals surface area contributed by atoms with Crippen LogP contribution in [0.3, 0.4) is 0 Å². The number of hydrogen-bond acceptors (Lipinski definition) is 3. The van der Waals surface area contributed by atoms with Gasteiger partial charge in [-0.15, -0.1) is 0 Å². The number of carbonyl (C=O) groups is 1. The van der Waals surface area contributed by atoms with E-state index in [1.54, 1.807) is 19.0 Å². The fraction of sp³-hybridized carbons (Fsp3) is 0.652. The number of ether oxygens (including phenoxy) is 1. The highest BCUT2D eigenvalue weighted by atomic mass is 16.5. The second kappa shape index (κ2) is 9.51. The molecule has 0 spiro atoms. The number of para-hydroxylation sites is 1. The van der Waals surface area contributed by atoms with Crippen molar-refractivity contribution in [3.63, 3.8) is 0 Å². The summed E-state index contributed by atoms with van der Waals surface area (Å²) >= 11 is 0. The fourth-order valence-electron chi connectivity index (χ4n) is 4.00. The quantitative estimate of drug-likeness (QED) is 0.588. The Bertz CT molecular complexity index is 719. The van der Waals surface area contributed by atoms with Gasteiger partial charge in [-0.25, -0.2) is 4.99 Å². The third kappa shape index (κ3) is 6.12. The van der Waals surface area contributed by atoms with Gasteiger partial charge in [0.2, 0.25) is 5.91 Å². The molecule has 0 saturated heterocycles. The summed E-state index contributed by atoms with van der Waals surface area (Å²) in [5, 5.41) is 7.07. The van der Waals surface area contributed by atoms with Gasteiger partial charge in [0.1, 0.15) is 12.3 Å². The Morgan fingerprint density at radius 2 is 1.93 bits per heavy atom. The van der Waals surface area contributed by atoms with Crippen LogP contribution in [0.1, 0.15) is 57.6 Å². The predicted octanol–water partition coefficient (Wildman–Crippen LogP) is 3.35. The second-order valence-corrected chi connectivity index (χ2v) is 9.31. The Labute approximate surface area is 175 Å². The van der Waals surface area contributed by atoms with Crippen LogP contribution >= 0.6 is 0 Å². The lowest BCUT2D eigenvalue weighted by molar-refractivity contribution is -0.127. The molecular formula is C23H36N4O2. The molecule has 1 aliphatic heterocycles. The van der Waals surface area contributed by atoms with E-state index in [1.165, 1.54) is 25.7 Å². The minimum absolute atomic E-state index is 0.00195. The number of aliphatic imine (C=N–C) groups is 1. The maximum atomic E-state index is 12.1. The van der Waals surface area contributed by atoms with Gasteiger partial charge >= 0.3 is 0 Å². The molecule has 3 rings (SSSR count). The second-order valence-electron chi connectivity index (χ2n) is 9.31. The minimum atomic E-state index is -0.00195. The molecule has 1 atom stereocenters. The van der Waals surface area contributed by atoms with Crippen LogP contribution < -0.4 is 15.4 Å². The molecule has 6 nitrogen and oxygen atoms in total. The van der Waals surface area contributed by atoms with Gasteiger partial charge in [-0.2, -0.15) is 0 Å². The highest BCUT2D eigenvalue weighted by Crippen LogP contribution is 2.37. The van der Waals surface area contributed by atoms with E-state index >= 15 is 0 Å². The summed E-state index contributed by atoms with van der Waals surface area (Å²) in [5.41, 5.74) is 1.61. The predicted molar refractivity (Wildman–Crippen MR) is 117 cm³/mol. The molecule has 1 aromatic rings. The van der Waals surface area contributed by atoms with Gasteiger partial charge in [-0.3, -0.25) is 4.79 Å². The van der Waals surface area contributed by atoms with Crippen molar-refractivity contribution in [2.24, 2.45) is 16.3 Å². The number of guanidine groups is 1. The first-order chi connectivity index (χ1) is 13.8. The molecule has 1 heterocycles. The molecule has 1 aromatic carbocycles. The average Bonchev–Trinajstić information content (AvgIpc) is 2.70. The lowest BCUT2D eigenvalue weighted by atomic mass is 9.73. The van der Waals surface area contributed by atoms with Crippen LogP contribution in [0.5, 0.6) is 5.75 Å². The number of amides is 1. The zero-order valence-electron chi connectivity index (χ0n) is 18.3. The van der Waals surface area contributed by atoms with E-state index in [4.69, 9.17) is 4.74 Å². The smallest absolute Gasteiger partial charge is 0.243 e.